The molecule has 2 atom stereocenters. The lowest BCUT2D eigenvalue weighted by molar-refractivity contribution is -0.742. The molecule has 0 aromatic rings. The number of rotatable bonds is 2. The van der Waals surface area contributed by atoms with Crippen molar-refractivity contribution in [2.45, 2.75) is 19.1 Å². The van der Waals surface area contributed by atoms with Gasteiger partial charge < -0.3 is 30.9 Å². The van der Waals surface area contributed by atoms with Crippen molar-refractivity contribution in [1.82, 2.24) is 0 Å². The largest absolute Gasteiger partial charge is 0.394 e. The molecule has 0 aromatic carbocycles. The highest BCUT2D eigenvalue weighted by Gasteiger charge is 2.06. The number of nitrogens with zero attached hydrogens (tertiary/aromatic N) is 3. The lowest BCUT2D eigenvalue weighted by Crippen LogP contribution is -2.25. The van der Waals surface area contributed by atoms with E-state index in [1.54, 1.807) is 0 Å². The summed E-state index contributed by atoms with van der Waals surface area (Å²) in [7, 11) is 0. The van der Waals surface area contributed by atoms with Crippen molar-refractivity contribution in [2.75, 3.05) is 6.61 Å². The second-order valence-corrected chi connectivity index (χ2v) is 2.20. The first-order chi connectivity index (χ1) is 8.38. The summed E-state index contributed by atoms with van der Waals surface area (Å²) in [5.41, 5.74) is 0. The summed E-state index contributed by atoms with van der Waals surface area (Å²) in [5, 5.41) is 65.9. The molecule has 0 aliphatic heterocycles. The topological polar surface area (TPSA) is 251 Å². The van der Waals surface area contributed by atoms with E-state index in [0.29, 0.717) is 0 Å². The molecule has 0 saturated heterocycles. The molecule has 0 aromatic heterocycles. The van der Waals surface area contributed by atoms with Gasteiger partial charge in [0, 0.05) is 0 Å². The van der Waals surface area contributed by atoms with E-state index in [1.807, 2.05) is 0 Å². The molecule has 0 fully saturated rings. The lowest BCUT2D eigenvalue weighted by atomic mass is 10.2. The third-order valence-electron chi connectivity index (χ3n) is 0.744. The third-order valence-corrected chi connectivity index (χ3v) is 0.744. The molecule has 2 unspecified atom stereocenters. The van der Waals surface area contributed by atoms with Crippen LogP contribution in [0.15, 0.2) is 0 Å². The Balaban J connectivity index is -0.0000000825. The third kappa shape index (κ3) is 232. The number of aliphatic hydroxyl groups excluding tert-OH is 3. The summed E-state index contributed by atoms with van der Waals surface area (Å²) in [4.78, 5) is 25.1. The molecule has 6 N–H and O–H groups in total. The fourth-order valence-corrected chi connectivity index (χ4v) is 0.153. The van der Waals surface area contributed by atoms with Crippen LogP contribution >= 0.6 is 0 Å². The smallest absolute Gasteiger partial charge is 0.291 e. The van der Waals surface area contributed by atoms with Gasteiger partial charge >= 0.3 is 0 Å². The van der Waals surface area contributed by atoms with Gasteiger partial charge in [-0.15, -0.1) is 30.3 Å². The highest BCUT2D eigenvalue weighted by atomic mass is 16.9. The van der Waals surface area contributed by atoms with Crippen molar-refractivity contribution >= 4 is 0 Å². The number of hydrogen-bond acceptors (Lipinski definition) is 9. The Hall–Kier alpha value is -2.52. The van der Waals surface area contributed by atoms with Crippen LogP contribution in [0.4, 0.5) is 0 Å². The Morgan fingerprint density at radius 3 is 1.05 bits per heavy atom. The molecule has 0 amide bonds. The normalized spacial score (nSPS) is 10.7. The summed E-state index contributed by atoms with van der Waals surface area (Å²) in [5.74, 6) is 0. The minimum atomic E-state index is -1.50. The Morgan fingerprint density at radius 1 is 0.895 bits per heavy atom. The van der Waals surface area contributed by atoms with E-state index in [0.717, 1.165) is 0 Å². The molecule has 0 heterocycles. The second-order valence-electron chi connectivity index (χ2n) is 2.20. The first-order valence-electron chi connectivity index (χ1n) is 3.85. The number of hydrogen-bond donors (Lipinski definition) is 6. The van der Waals surface area contributed by atoms with Crippen molar-refractivity contribution in [3.8, 4) is 0 Å². The van der Waals surface area contributed by atoms with Crippen LogP contribution in [-0.4, -0.2) is 65.0 Å². The molecule has 116 valence electrons. The van der Waals surface area contributed by atoms with Crippen molar-refractivity contribution < 1.29 is 46.2 Å². The fraction of sp³-hybridized carbons (Fsp3) is 1.00. The maximum absolute atomic E-state index is 8.44. The minimum absolute atomic E-state index is 0.377. The second kappa shape index (κ2) is 17.9. The van der Waals surface area contributed by atoms with Crippen molar-refractivity contribution in [3.63, 3.8) is 0 Å². The fourth-order valence-electron chi connectivity index (χ4n) is 0.153. The van der Waals surface area contributed by atoms with Crippen LogP contribution < -0.4 is 0 Å². The number of aliphatic hydroxyl groups is 3. The molecule has 0 aliphatic carbocycles. The first-order valence-corrected chi connectivity index (χ1v) is 3.85. The van der Waals surface area contributed by atoms with Gasteiger partial charge in [0.25, 0.3) is 15.3 Å². The zero-order chi connectivity index (χ0) is 16.6. The van der Waals surface area contributed by atoms with E-state index in [4.69, 9.17) is 61.3 Å². The van der Waals surface area contributed by atoms with Gasteiger partial charge in [-0.3, -0.25) is 0 Å². The van der Waals surface area contributed by atoms with Crippen LogP contribution in [0, 0.1) is 30.3 Å². The summed E-state index contributed by atoms with van der Waals surface area (Å²) >= 11 is 0. The highest BCUT2D eigenvalue weighted by Crippen LogP contribution is 1.87. The van der Waals surface area contributed by atoms with Gasteiger partial charge in [-0.25, -0.2) is 0 Å². The average molecular weight is 295 g/mol. The predicted octanol–water partition coefficient (Wildman–Crippen LogP) is -2.32. The van der Waals surface area contributed by atoms with Crippen LogP contribution in [0.3, 0.4) is 0 Å². The van der Waals surface area contributed by atoms with Gasteiger partial charge in [0.05, 0.1) is 12.7 Å². The summed E-state index contributed by atoms with van der Waals surface area (Å²) in [6, 6.07) is 0. The van der Waals surface area contributed by atoms with Gasteiger partial charge in [0.1, 0.15) is 6.10 Å². The zero-order valence-electron chi connectivity index (χ0n) is 9.34. The molecular formula is C4H13N3O12. The molecule has 15 heteroatoms. The van der Waals surface area contributed by atoms with Crippen LogP contribution in [0.1, 0.15) is 6.92 Å². The van der Waals surface area contributed by atoms with Crippen LogP contribution in [0.25, 0.3) is 0 Å². The van der Waals surface area contributed by atoms with Gasteiger partial charge in [0.15, 0.2) is 0 Å². The van der Waals surface area contributed by atoms with Gasteiger partial charge in [-0.1, -0.05) is 0 Å². The molecule has 0 rings (SSSR count). The van der Waals surface area contributed by atoms with E-state index < -0.39 is 27.5 Å². The SMILES string of the molecule is CC(O)C(O)CO.O=[N+]([O-])O.O=[N+]([O-])O.O=[N+]([O-])O. The molecule has 0 saturated carbocycles. The van der Waals surface area contributed by atoms with E-state index in [2.05, 4.69) is 0 Å². The molecule has 0 bridgehead atoms. The van der Waals surface area contributed by atoms with Crippen molar-refractivity contribution in [1.29, 1.82) is 0 Å². The Labute approximate surface area is 103 Å². The quantitative estimate of drug-likeness (QED) is 0.232. The van der Waals surface area contributed by atoms with Crippen LogP contribution in [-0.2, 0) is 0 Å². The van der Waals surface area contributed by atoms with Crippen molar-refractivity contribution in [3.05, 3.63) is 30.3 Å². The summed E-state index contributed by atoms with van der Waals surface area (Å²) in [6.45, 7) is 1.04. The lowest BCUT2D eigenvalue weighted by Gasteiger charge is -2.07. The Morgan fingerprint density at radius 2 is 1.05 bits per heavy atom. The summed E-state index contributed by atoms with van der Waals surface area (Å²) < 4.78 is 0. The van der Waals surface area contributed by atoms with E-state index >= 15 is 0 Å². The zero-order valence-corrected chi connectivity index (χ0v) is 9.34. The molecule has 19 heavy (non-hydrogen) atoms. The Kier molecular flexibility index (Phi) is 23.8. The summed E-state index contributed by atoms with van der Waals surface area (Å²) in [6.07, 6.45) is -1.81. The van der Waals surface area contributed by atoms with Gasteiger partial charge in [-0.05, 0) is 6.92 Å². The van der Waals surface area contributed by atoms with Crippen molar-refractivity contribution in [2.24, 2.45) is 0 Å². The predicted molar refractivity (Wildman–Crippen MR) is 51.1 cm³/mol. The van der Waals surface area contributed by atoms with E-state index in [1.165, 1.54) is 6.92 Å². The van der Waals surface area contributed by atoms with Gasteiger partial charge in [-0.2, -0.15) is 0 Å². The molecule has 0 radical (unpaired) electrons. The first kappa shape index (κ1) is 25.4. The maximum atomic E-state index is 8.44. The van der Waals surface area contributed by atoms with Crippen LogP contribution in [0.5, 0.6) is 0 Å². The molecule has 0 spiro atoms. The molecule has 15 nitrogen and oxygen atoms in total. The maximum Gasteiger partial charge on any atom is 0.291 e. The average Bonchev–Trinajstić information content (AvgIpc) is 2.13. The monoisotopic (exact) mass is 295 g/mol. The Bertz CT molecular complexity index is 203. The van der Waals surface area contributed by atoms with E-state index in [9.17, 15) is 0 Å². The molecular weight excluding hydrogens is 282 g/mol. The molecule has 0 aliphatic rings. The minimum Gasteiger partial charge on any atom is -0.394 e. The van der Waals surface area contributed by atoms with E-state index in [-0.39, 0.29) is 6.61 Å². The van der Waals surface area contributed by atoms with Crippen LogP contribution in [0.2, 0.25) is 0 Å². The highest BCUT2D eigenvalue weighted by molar-refractivity contribution is 4.57. The van der Waals surface area contributed by atoms with Gasteiger partial charge in [0.2, 0.25) is 0 Å². The standard InChI is InChI=1S/C4H10O3.3HNO3/c1-3(6)4(7)2-5;3*2-1(3)4/h3-7H,2H2,1H3;3*(H,2,3,4).